The van der Waals surface area contributed by atoms with Crippen LogP contribution in [0.3, 0.4) is 0 Å². The van der Waals surface area contributed by atoms with E-state index in [-0.39, 0.29) is 5.91 Å². The number of nitrogens with one attached hydrogen (secondary N) is 1. The van der Waals surface area contributed by atoms with Crippen molar-refractivity contribution in [3.05, 3.63) is 24.3 Å². The van der Waals surface area contributed by atoms with Gasteiger partial charge in [0.2, 0.25) is 5.91 Å². The highest BCUT2D eigenvalue weighted by Gasteiger charge is 2.12. The first-order valence-corrected chi connectivity index (χ1v) is 7.21. The van der Waals surface area contributed by atoms with E-state index in [0.717, 1.165) is 25.4 Å². The molecule has 1 aliphatic heterocycles. The van der Waals surface area contributed by atoms with E-state index in [1.807, 2.05) is 12.1 Å². The minimum absolute atomic E-state index is 0.0952. The van der Waals surface area contributed by atoms with Crippen LogP contribution in [0.4, 0.5) is 5.69 Å². The predicted molar refractivity (Wildman–Crippen MR) is 79.7 cm³/mol. The first-order chi connectivity index (χ1) is 9.74. The highest BCUT2D eigenvalue weighted by molar-refractivity contribution is 5.76. The van der Waals surface area contributed by atoms with E-state index in [1.54, 1.807) is 12.1 Å². The largest absolute Gasteiger partial charge is 0.492 e. The summed E-state index contributed by atoms with van der Waals surface area (Å²) >= 11 is 0. The van der Waals surface area contributed by atoms with Gasteiger partial charge in [-0.15, -0.1) is 0 Å². The molecular weight excluding hydrogens is 254 g/mol. The number of benzene rings is 1. The van der Waals surface area contributed by atoms with Crippen LogP contribution in [-0.4, -0.2) is 43.6 Å². The quantitative estimate of drug-likeness (QED) is 0.581. The predicted octanol–water partition coefficient (Wildman–Crippen LogP) is 1.25. The molecule has 0 bridgehead atoms. The Morgan fingerprint density at radius 1 is 1.25 bits per heavy atom. The van der Waals surface area contributed by atoms with Gasteiger partial charge in [0, 0.05) is 18.7 Å². The summed E-state index contributed by atoms with van der Waals surface area (Å²) in [7, 11) is 0. The van der Waals surface area contributed by atoms with Crippen molar-refractivity contribution in [1.82, 2.24) is 10.2 Å². The molecule has 1 aliphatic rings. The number of hydrogen-bond donors (Lipinski definition) is 2. The third-order valence-electron chi connectivity index (χ3n) is 3.43. The molecule has 1 heterocycles. The van der Waals surface area contributed by atoms with Crippen molar-refractivity contribution in [3.63, 3.8) is 0 Å². The topological polar surface area (TPSA) is 67.6 Å². The van der Waals surface area contributed by atoms with Crippen LogP contribution in [0, 0.1) is 0 Å². The molecule has 110 valence electrons. The highest BCUT2D eigenvalue weighted by Crippen LogP contribution is 2.12. The second-order valence-electron chi connectivity index (χ2n) is 5.07. The minimum Gasteiger partial charge on any atom is -0.492 e. The Labute approximate surface area is 120 Å². The van der Waals surface area contributed by atoms with Crippen molar-refractivity contribution >= 4 is 11.6 Å². The van der Waals surface area contributed by atoms with Gasteiger partial charge >= 0.3 is 0 Å². The first-order valence-electron chi connectivity index (χ1n) is 7.21. The van der Waals surface area contributed by atoms with Crippen LogP contribution < -0.4 is 15.8 Å². The average molecular weight is 277 g/mol. The zero-order chi connectivity index (χ0) is 14.2. The van der Waals surface area contributed by atoms with Crippen molar-refractivity contribution in [2.75, 3.05) is 38.5 Å². The van der Waals surface area contributed by atoms with Gasteiger partial charge in [-0.3, -0.25) is 4.79 Å². The number of likely N-dealkylation sites (tertiary alicyclic amines) is 1. The number of anilines is 1. The lowest BCUT2D eigenvalue weighted by atomic mass is 10.3. The molecule has 20 heavy (non-hydrogen) atoms. The van der Waals surface area contributed by atoms with Crippen LogP contribution >= 0.6 is 0 Å². The van der Waals surface area contributed by atoms with Crippen LogP contribution in [0.5, 0.6) is 5.75 Å². The van der Waals surface area contributed by atoms with Gasteiger partial charge in [-0.2, -0.15) is 0 Å². The van der Waals surface area contributed by atoms with E-state index in [0.29, 0.717) is 25.3 Å². The van der Waals surface area contributed by atoms with Gasteiger partial charge in [0.05, 0.1) is 6.54 Å². The fourth-order valence-electron chi connectivity index (χ4n) is 2.28. The van der Waals surface area contributed by atoms with Crippen LogP contribution in [0.2, 0.25) is 0 Å². The van der Waals surface area contributed by atoms with E-state index < -0.39 is 0 Å². The molecule has 3 N–H and O–H groups in total. The lowest BCUT2D eigenvalue weighted by Crippen LogP contribution is -2.31. The van der Waals surface area contributed by atoms with Gasteiger partial charge in [-0.25, -0.2) is 0 Å². The standard InChI is InChI=1S/C15H23N3O2/c16-13-3-5-14(6-4-13)20-12-8-17-15(19)7-11-18-9-1-2-10-18/h3-6H,1-2,7-12,16H2,(H,17,19). The molecule has 0 spiro atoms. The number of nitrogens with two attached hydrogens (primary N) is 1. The monoisotopic (exact) mass is 277 g/mol. The summed E-state index contributed by atoms with van der Waals surface area (Å²) in [6.45, 7) is 4.13. The number of nitrogens with zero attached hydrogens (tertiary/aromatic N) is 1. The minimum atomic E-state index is 0.0952. The summed E-state index contributed by atoms with van der Waals surface area (Å²) in [5.41, 5.74) is 6.31. The van der Waals surface area contributed by atoms with Crippen molar-refractivity contribution in [1.29, 1.82) is 0 Å². The van der Waals surface area contributed by atoms with Crippen LogP contribution in [0.25, 0.3) is 0 Å². The van der Waals surface area contributed by atoms with Crippen LogP contribution in [0.15, 0.2) is 24.3 Å². The Hall–Kier alpha value is -1.75. The first kappa shape index (κ1) is 14.7. The van der Waals surface area contributed by atoms with Crippen molar-refractivity contribution in [3.8, 4) is 5.75 Å². The molecular formula is C15H23N3O2. The molecule has 1 amide bonds. The van der Waals surface area contributed by atoms with Crippen molar-refractivity contribution < 1.29 is 9.53 Å². The lowest BCUT2D eigenvalue weighted by molar-refractivity contribution is -0.121. The van der Waals surface area contributed by atoms with Gasteiger partial charge in [-0.05, 0) is 50.2 Å². The highest BCUT2D eigenvalue weighted by atomic mass is 16.5. The third kappa shape index (κ3) is 5.09. The molecule has 1 fully saturated rings. The number of carbonyl (C=O) groups is 1. The number of amides is 1. The van der Waals surface area contributed by atoms with Gasteiger partial charge in [0.25, 0.3) is 0 Å². The van der Waals surface area contributed by atoms with E-state index in [2.05, 4.69) is 10.2 Å². The summed E-state index contributed by atoms with van der Waals surface area (Å²) in [6, 6.07) is 7.24. The molecule has 5 nitrogen and oxygen atoms in total. The molecule has 2 rings (SSSR count). The molecule has 0 aliphatic carbocycles. The van der Waals surface area contributed by atoms with Crippen molar-refractivity contribution in [2.24, 2.45) is 0 Å². The molecule has 0 saturated carbocycles. The summed E-state index contributed by atoms with van der Waals surface area (Å²) in [5.74, 6) is 0.864. The van der Waals surface area contributed by atoms with E-state index in [9.17, 15) is 4.79 Å². The summed E-state index contributed by atoms with van der Waals surface area (Å²) in [6.07, 6.45) is 3.09. The molecule has 0 atom stereocenters. The summed E-state index contributed by atoms with van der Waals surface area (Å²) in [4.78, 5) is 14.0. The Balaban J connectivity index is 1.53. The number of hydrogen-bond acceptors (Lipinski definition) is 4. The van der Waals surface area contributed by atoms with Crippen molar-refractivity contribution in [2.45, 2.75) is 19.3 Å². The molecule has 0 radical (unpaired) electrons. The molecule has 1 aromatic carbocycles. The molecule has 0 aromatic heterocycles. The zero-order valence-corrected chi connectivity index (χ0v) is 11.8. The Bertz CT molecular complexity index is 414. The van der Waals surface area contributed by atoms with Gasteiger partial charge in [-0.1, -0.05) is 0 Å². The Morgan fingerprint density at radius 2 is 1.95 bits per heavy atom. The lowest BCUT2D eigenvalue weighted by Gasteiger charge is -2.14. The Kier molecular flexibility index (Phi) is 5.68. The average Bonchev–Trinajstić information content (AvgIpc) is 2.96. The molecule has 1 saturated heterocycles. The molecule has 5 heteroatoms. The van der Waals surface area contributed by atoms with Gasteiger partial charge in [0.1, 0.15) is 12.4 Å². The number of rotatable bonds is 7. The summed E-state index contributed by atoms with van der Waals surface area (Å²) < 4.78 is 5.51. The van der Waals surface area contributed by atoms with E-state index >= 15 is 0 Å². The third-order valence-corrected chi connectivity index (χ3v) is 3.43. The zero-order valence-electron chi connectivity index (χ0n) is 11.8. The molecule has 1 aromatic rings. The fraction of sp³-hybridized carbons (Fsp3) is 0.533. The number of ether oxygens (including phenoxy) is 1. The van der Waals surface area contributed by atoms with Crippen LogP contribution in [0.1, 0.15) is 19.3 Å². The molecule has 0 unspecified atom stereocenters. The van der Waals surface area contributed by atoms with Gasteiger partial charge in [0.15, 0.2) is 0 Å². The fourth-order valence-corrected chi connectivity index (χ4v) is 2.28. The second kappa shape index (κ2) is 7.75. The number of carbonyl (C=O) groups excluding carboxylic acids is 1. The normalized spacial score (nSPS) is 15.2. The maximum absolute atomic E-state index is 11.6. The second-order valence-corrected chi connectivity index (χ2v) is 5.07. The summed E-state index contributed by atoms with van der Waals surface area (Å²) in [5, 5.41) is 2.87. The number of nitrogen functional groups attached to an aromatic ring is 1. The SMILES string of the molecule is Nc1ccc(OCCNC(=O)CCN2CCCC2)cc1. The maximum Gasteiger partial charge on any atom is 0.221 e. The maximum atomic E-state index is 11.6. The van der Waals surface area contributed by atoms with Crippen LogP contribution in [-0.2, 0) is 4.79 Å². The van der Waals surface area contributed by atoms with E-state index in [4.69, 9.17) is 10.5 Å². The van der Waals surface area contributed by atoms with Gasteiger partial charge < -0.3 is 20.7 Å². The van der Waals surface area contributed by atoms with E-state index in [1.165, 1.54) is 12.8 Å². The Morgan fingerprint density at radius 3 is 2.65 bits per heavy atom. The smallest absolute Gasteiger partial charge is 0.221 e.